The maximum absolute atomic E-state index is 4.99. The molecular formula is C15H23NO. The smallest absolute Gasteiger partial charge is 0.0587 e. The SMILES string of the molecule is COCCNC/C(C)=C/C(C)c1ccccc1. The summed E-state index contributed by atoms with van der Waals surface area (Å²) in [5.74, 6) is 0.473. The first-order valence-corrected chi connectivity index (χ1v) is 6.16. The van der Waals surface area contributed by atoms with Crippen molar-refractivity contribution in [2.24, 2.45) is 0 Å². The molecule has 0 fully saturated rings. The molecule has 0 heterocycles. The maximum Gasteiger partial charge on any atom is 0.0587 e. The lowest BCUT2D eigenvalue weighted by Gasteiger charge is -2.10. The minimum Gasteiger partial charge on any atom is -0.383 e. The first-order chi connectivity index (χ1) is 8.24. The topological polar surface area (TPSA) is 21.3 Å². The summed E-state index contributed by atoms with van der Waals surface area (Å²) in [6.45, 7) is 7.00. The number of benzene rings is 1. The lowest BCUT2D eigenvalue weighted by Crippen LogP contribution is -2.21. The monoisotopic (exact) mass is 233 g/mol. The van der Waals surface area contributed by atoms with Gasteiger partial charge in [0.2, 0.25) is 0 Å². The van der Waals surface area contributed by atoms with E-state index >= 15 is 0 Å². The second kappa shape index (κ2) is 8.04. The second-order valence-electron chi connectivity index (χ2n) is 4.38. The van der Waals surface area contributed by atoms with Crippen LogP contribution < -0.4 is 5.32 Å². The number of allylic oxidation sites excluding steroid dienone is 1. The van der Waals surface area contributed by atoms with E-state index in [1.807, 2.05) is 0 Å². The molecule has 0 radical (unpaired) electrons. The summed E-state index contributed by atoms with van der Waals surface area (Å²) in [6.07, 6.45) is 2.31. The molecule has 1 N–H and O–H groups in total. The summed E-state index contributed by atoms with van der Waals surface area (Å²) in [5.41, 5.74) is 2.74. The Morgan fingerprint density at radius 2 is 2.06 bits per heavy atom. The quantitative estimate of drug-likeness (QED) is 0.577. The highest BCUT2D eigenvalue weighted by atomic mass is 16.5. The van der Waals surface area contributed by atoms with Crippen LogP contribution in [-0.2, 0) is 4.74 Å². The molecule has 0 aliphatic carbocycles. The predicted molar refractivity (Wildman–Crippen MR) is 73.4 cm³/mol. The molecule has 2 heteroatoms. The highest BCUT2D eigenvalue weighted by Gasteiger charge is 2.01. The Labute approximate surface area is 105 Å². The minimum atomic E-state index is 0.473. The largest absolute Gasteiger partial charge is 0.383 e. The molecule has 0 bridgehead atoms. The lowest BCUT2D eigenvalue weighted by atomic mass is 9.99. The van der Waals surface area contributed by atoms with E-state index in [-0.39, 0.29) is 0 Å². The van der Waals surface area contributed by atoms with E-state index in [0.717, 1.165) is 19.7 Å². The Morgan fingerprint density at radius 1 is 1.35 bits per heavy atom. The molecule has 1 aromatic rings. The Balaban J connectivity index is 2.40. The lowest BCUT2D eigenvalue weighted by molar-refractivity contribution is 0.200. The fraction of sp³-hybridized carbons (Fsp3) is 0.467. The molecule has 1 rings (SSSR count). The van der Waals surface area contributed by atoms with Crippen molar-refractivity contribution < 1.29 is 4.74 Å². The molecule has 0 saturated heterocycles. The van der Waals surface area contributed by atoms with Gasteiger partial charge >= 0.3 is 0 Å². The fourth-order valence-corrected chi connectivity index (χ4v) is 1.80. The zero-order valence-corrected chi connectivity index (χ0v) is 11.1. The highest BCUT2D eigenvalue weighted by Crippen LogP contribution is 2.17. The normalized spacial score (nSPS) is 13.7. The predicted octanol–water partition coefficient (Wildman–Crippen LogP) is 2.97. The summed E-state index contributed by atoms with van der Waals surface area (Å²) < 4.78 is 4.99. The molecule has 0 spiro atoms. The van der Waals surface area contributed by atoms with Crippen LogP contribution in [0.3, 0.4) is 0 Å². The fourth-order valence-electron chi connectivity index (χ4n) is 1.80. The van der Waals surface area contributed by atoms with Gasteiger partial charge in [-0.05, 0) is 18.4 Å². The Morgan fingerprint density at radius 3 is 2.71 bits per heavy atom. The van der Waals surface area contributed by atoms with Crippen LogP contribution in [-0.4, -0.2) is 26.8 Å². The van der Waals surface area contributed by atoms with Crippen molar-refractivity contribution in [3.05, 3.63) is 47.5 Å². The molecule has 1 unspecified atom stereocenters. The van der Waals surface area contributed by atoms with Crippen molar-refractivity contribution in [2.45, 2.75) is 19.8 Å². The van der Waals surface area contributed by atoms with E-state index in [4.69, 9.17) is 4.74 Å². The Kier molecular flexibility index (Phi) is 6.60. The molecule has 2 nitrogen and oxygen atoms in total. The van der Waals surface area contributed by atoms with E-state index in [9.17, 15) is 0 Å². The summed E-state index contributed by atoms with van der Waals surface area (Å²) in [6, 6.07) is 10.6. The van der Waals surface area contributed by atoms with E-state index in [1.165, 1.54) is 11.1 Å². The van der Waals surface area contributed by atoms with E-state index in [1.54, 1.807) is 7.11 Å². The van der Waals surface area contributed by atoms with Crippen molar-refractivity contribution in [1.82, 2.24) is 5.32 Å². The summed E-state index contributed by atoms with van der Waals surface area (Å²) in [7, 11) is 1.72. The highest BCUT2D eigenvalue weighted by molar-refractivity contribution is 5.24. The molecule has 0 aliphatic rings. The van der Waals surface area contributed by atoms with Gasteiger partial charge in [0.15, 0.2) is 0 Å². The number of methoxy groups -OCH3 is 1. The number of nitrogens with one attached hydrogen (secondary N) is 1. The van der Waals surface area contributed by atoms with Crippen LogP contribution in [0.15, 0.2) is 42.0 Å². The van der Waals surface area contributed by atoms with Crippen LogP contribution >= 0.6 is 0 Å². The third-order valence-electron chi connectivity index (χ3n) is 2.75. The standard InChI is InChI=1S/C15H23NO/c1-13(12-16-9-10-17-3)11-14(2)15-7-5-4-6-8-15/h4-8,11,14,16H,9-10,12H2,1-3H3/b13-11+. The molecule has 0 saturated carbocycles. The third kappa shape index (κ3) is 5.66. The van der Waals surface area contributed by atoms with Crippen molar-refractivity contribution in [3.63, 3.8) is 0 Å². The zero-order valence-electron chi connectivity index (χ0n) is 11.1. The van der Waals surface area contributed by atoms with Gasteiger partial charge in [-0.2, -0.15) is 0 Å². The minimum absolute atomic E-state index is 0.473. The number of hydrogen-bond acceptors (Lipinski definition) is 2. The van der Waals surface area contributed by atoms with Crippen LogP contribution in [0.2, 0.25) is 0 Å². The van der Waals surface area contributed by atoms with Crippen LogP contribution in [0.4, 0.5) is 0 Å². The van der Waals surface area contributed by atoms with Gasteiger partial charge in [0.25, 0.3) is 0 Å². The Hall–Kier alpha value is -1.12. The Bertz CT molecular complexity index is 332. The zero-order chi connectivity index (χ0) is 12.5. The van der Waals surface area contributed by atoms with Gasteiger partial charge in [0.1, 0.15) is 0 Å². The van der Waals surface area contributed by atoms with Gasteiger partial charge in [-0.15, -0.1) is 0 Å². The number of ether oxygens (including phenoxy) is 1. The van der Waals surface area contributed by atoms with Gasteiger partial charge in [-0.1, -0.05) is 48.9 Å². The molecule has 1 atom stereocenters. The summed E-state index contributed by atoms with van der Waals surface area (Å²) in [5, 5.41) is 3.35. The van der Waals surface area contributed by atoms with Crippen molar-refractivity contribution in [2.75, 3.05) is 26.8 Å². The first kappa shape index (κ1) is 13.9. The van der Waals surface area contributed by atoms with Gasteiger partial charge in [-0.3, -0.25) is 0 Å². The molecule has 1 aromatic carbocycles. The van der Waals surface area contributed by atoms with Crippen molar-refractivity contribution in [3.8, 4) is 0 Å². The van der Waals surface area contributed by atoms with Crippen molar-refractivity contribution >= 4 is 0 Å². The average Bonchev–Trinajstić information content (AvgIpc) is 2.36. The molecule has 0 aromatic heterocycles. The first-order valence-electron chi connectivity index (χ1n) is 6.16. The van der Waals surface area contributed by atoms with Crippen LogP contribution in [0.5, 0.6) is 0 Å². The summed E-state index contributed by atoms with van der Waals surface area (Å²) in [4.78, 5) is 0. The average molecular weight is 233 g/mol. The number of rotatable bonds is 7. The van der Waals surface area contributed by atoms with E-state index < -0.39 is 0 Å². The summed E-state index contributed by atoms with van der Waals surface area (Å²) >= 11 is 0. The van der Waals surface area contributed by atoms with Crippen molar-refractivity contribution in [1.29, 1.82) is 0 Å². The number of hydrogen-bond donors (Lipinski definition) is 1. The van der Waals surface area contributed by atoms with E-state index in [2.05, 4.69) is 55.6 Å². The second-order valence-corrected chi connectivity index (χ2v) is 4.38. The van der Waals surface area contributed by atoms with Gasteiger partial charge in [0, 0.05) is 20.2 Å². The molecule has 94 valence electrons. The molecule has 17 heavy (non-hydrogen) atoms. The van der Waals surface area contributed by atoms with Crippen LogP contribution in [0.1, 0.15) is 25.3 Å². The molecule has 0 aliphatic heterocycles. The molecule has 0 amide bonds. The van der Waals surface area contributed by atoms with E-state index in [0.29, 0.717) is 5.92 Å². The maximum atomic E-state index is 4.99. The van der Waals surface area contributed by atoms with Crippen LogP contribution in [0, 0.1) is 0 Å². The van der Waals surface area contributed by atoms with Gasteiger partial charge < -0.3 is 10.1 Å². The van der Waals surface area contributed by atoms with Gasteiger partial charge in [-0.25, -0.2) is 0 Å². The molecular weight excluding hydrogens is 210 g/mol. The van der Waals surface area contributed by atoms with Crippen LogP contribution in [0.25, 0.3) is 0 Å². The van der Waals surface area contributed by atoms with Gasteiger partial charge in [0.05, 0.1) is 6.61 Å². The third-order valence-corrected chi connectivity index (χ3v) is 2.75.